The van der Waals surface area contributed by atoms with Gasteiger partial charge >= 0.3 is 0 Å². The van der Waals surface area contributed by atoms with Gasteiger partial charge in [-0.1, -0.05) is 18.2 Å². The number of carbonyl (C=O) groups is 1. The Kier molecular flexibility index (Phi) is 4.06. The highest BCUT2D eigenvalue weighted by molar-refractivity contribution is 7.10. The first kappa shape index (κ1) is 14.5. The molecule has 0 fully saturated rings. The molecule has 0 aliphatic rings. The molecule has 1 amide bonds. The van der Waals surface area contributed by atoms with Crippen LogP contribution < -0.4 is 5.32 Å². The van der Waals surface area contributed by atoms with Crippen LogP contribution >= 0.6 is 11.3 Å². The summed E-state index contributed by atoms with van der Waals surface area (Å²) in [5.74, 6) is 0.0567. The highest BCUT2D eigenvalue weighted by Crippen LogP contribution is 2.27. The summed E-state index contributed by atoms with van der Waals surface area (Å²) >= 11 is 1.54. The molecule has 0 saturated heterocycles. The fourth-order valence-electron chi connectivity index (χ4n) is 2.26. The van der Waals surface area contributed by atoms with Crippen molar-refractivity contribution in [3.8, 4) is 0 Å². The number of carbonyl (C=O) groups excluding carboxylic acids is 1. The maximum absolute atomic E-state index is 13.1. The van der Waals surface area contributed by atoms with Crippen LogP contribution in [0.2, 0.25) is 0 Å². The largest absolute Gasteiger partial charge is 0.469 e. The number of nitrogens with one attached hydrogen (secondary N) is 1. The molecule has 0 aliphatic heterocycles. The Morgan fingerprint density at radius 2 is 2.00 bits per heavy atom. The molecule has 3 aromatic rings. The number of benzene rings is 1. The van der Waals surface area contributed by atoms with E-state index in [2.05, 4.69) is 5.32 Å². The van der Waals surface area contributed by atoms with Crippen molar-refractivity contribution in [3.05, 3.63) is 81.7 Å². The van der Waals surface area contributed by atoms with E-state index in [4.69, 9.17) is 4.42 Å². The van der Waals surface area contributed by atoms with E-state index in [0.717, 1.165) is 10.4 Å². The lowest BCUT2D eigenvalue weighted by molar-refractivity contribution is 0.0942. The fourth-order valence-corrected chi connectivity index (χ4v) is 3.06. The lowest BCUT2D eigenvalue weighted by Crippen LogP contribution is -2.29. The molecule has 0 saturated carbocycles. The third-order valence-corrected chi connectivity index (χ3v) is 4.35. The minimum atomic E-state index is -0.317. The van der Waals surface area contributed by atoms with E-state index in [1.807, 2.05) is 17.5 Å². The van der Waals surface area contributed by atoms with Gasteiger partial charge in [0.05, 0.1) is 17.9 Å². The van der Waals surface area contributed by atoms with Crippen LogP contribution in [0.5, 0.6) is 0 Å². The minimum Gasteiger partial charge on any atom is -0.469 e. The molecular weight excluding hydrogens is 301 g/mol. The molecule has 0 radical (unpaired) electrons. The summed E-state index contributed by atoms with van der Waals surface area (Å²) in [4.78, 5) is 13.4. The Morgan fingerprint density at radius 3 is 2.59 bits per heavy atom. The highest BCUT2D eigenvalue weighted by Gasteiger charge is 2.20. The van der Waals surface area contributed by atoms with Crippen molar-refractivity contribution in [1.29, 1.82) is 0 Å². The summed E-state index contributed by atoms with van der Waals surface area (Å²) in [6, 6.07) is 11.3. The van der Waals surface area contributed by atoms with Crippen molar-refractivity contribution in [1.82, 2.24) is 5.32 Å². The van der Waals surface area contributed by atoms with Crippen LogP contribution in [0, 0.1) is 12.7 Å². The number of amides is 1. The summed E-state index contributed by atoms with van der Waals surface area (Å²) in [5.41, 5.74) is 1.34. The zero-order chi connectivity index (χ0) is 15.5. The van der Waals surface area contributed by atoms with Gasteiger partial charge in [0.15, 0.2) is 0 Å². The molecule has 0 spiro atoms. The molecule has 2 heterocycles. The van der Waals surface area contributed by atoms with E-state index in [9.17, 15) is 9.18 Å². The Labute approximate surface area is 131 Å². The van der Waals surface area contributed by atoms with E-state index in [1.54, 1.807) is 36.5 Å². The highest BCUT2D eigenvalue weighted by atomic mass is 32.1. The molecule has 5 heteroatoms. The van der Waals surface area contributed by atoms with Crippen LogP contribution in [0.1, 0.15) is 32.6 Å². The van der Waals surface area contributed by atoms with Crippen molar-refractivity contribution >= 4 is 17.2 Å². The molecule has 1 N–H and O–H groups in total. The second-order valence-electron chi connectivity index (χ2n) is 4.86. The Balaban J connectivity index is 1.91. The van der Waals surface area contributed by atoms with Gasteiger partial charge in [0.25, 0.3) is 5.91 Å². The second kappa shape index (κ2) is 6.15. The summed E-state index contributed by atoms with van der Waals surface area (Å²) < 4.78 is 18.3. The van der Waals surface area contributed by atoms with Crippen molar-refractivity contribution < 1.29 is 13.6 Å². The van der Waals surface area contributed by atoms with Gasteiger partial charge in [-0.05, 0) is 42.1 Å². The molecule has 1 aromatic carbocycles. The van der Waals surface area contributed by atoms with E-state index < -0.39 is 0 Å². The number of thiophene rings is 1. The monoisotopic (exact) mass is 315 g/mol. The number of halogens is 1. The van der Waals surface area contributed by atoms with Crippen molar-refractivity contribution in [3.63, 3.8) is 0 Å². The van der Waals surface area contributed by atoms with Gasteiger partial charge < -0.3 is 9.73 Å². The normalized spacial score (nSPS) is 12.1. The van der Waals surface area contributed by atoms with Crippen molar-refractivity contribution in [2.75, 3.05) is 0 Å². The molecule has 0 unspecified atom stereocenters. The fraction of sp³-hybridized carbons (Fsp3) is 0.118. The number of aryl methyl sites for hydroxylation is 1. The van der Waals surface area contributed by atoms with Gasteiger partial charge in [-0.2, -0.15) is 0 Å². The summed E-state index contributed by atoms with van der Waals surface area (Å²) in [5, 5.41) is 4.93. The third-order valence-electron chi connectivity index (χ3n) is 3.41. The predicted molar refractivity (Wildman–Crippen MR) is 83.5 cm³/mol. The topological polar surface area (TPSA) is 42.2 Å². The summed E-state index contributed by atoms with van der Waals surface area (Å²) in [6.07, 6.45) is 1.49. The number of hydrogen-bond donors (Lipinski definition) is 1. The SMILES string of the molecule is Cc1occc1C(=O)N[C@@H](c1ccc(F)cc1)c1cccs1. The van der Waals surface area contributed by atoms with Gasteiger partial charge in [0.1, 0.15) is 11.6 Å². The smallest absolute Gasteiger partial charge is 0.255 e. The van der Waals surface area contributed by atoms with Crippen LogP contribution in [0.3, 0.4) is 0 Å². The Bertz CT molecular complexity index is 762. The van der Waals surface area contributed by atoms with Crippen LogP contribution in [0.4, 0.5) is 4.39 Å². The first-order chi connectivity index (χ1) is 10.6. The van der Waals surface area contributed by atoms with E-state index >= 15 is 0 Å². The maximum atomic E-state index is 13.1. The van der Waals surface area contributed by atoms with E-state index in [1.165, 1.54) is 18.4 Å². The average Bonchev–Trinajstić information content (AvgIpc) is 3.17. The predicted octanol–water partition coefficient (Wildman–Crippen LogP) is 4.31. The van der Waals surface area contributed by atoms with Crippen LogP contribution in [-0.2, 0) is 0 Å². The molecule has 1 atom stereocenters. The lowest BCUT2D eigenvalue weighted by Gasteiger charge is -2.18. The van der Waals surface area contributed by atoms with E-state index in [-0.39, 0.29) is 17.8 Å². The number of hydrogen-bond acceptors (Lipinski definition) is 3. The summed E-state index contributed by atoms with van der Waals surface area (Å²) in [6.45, 7) is 1.74. The van der Waals surface area contributed by atoms with E-state index in [0.29, 0.717) is 11.3 Å². The zero-order valence-corrected chi connectivity index (χ0v) is 12.7. The van der Waals surface area contributed by atoms with Crippen LogP contribution in [0.15, 0.2) is 58.5 Å². The molecule has 2 aromatic heterocycles. The second-order valence-corrected chi connectivity index (χ2v) is 5.84. The molecule has 0 aliphatic carbocycles. The molecule has 22 heavy (non-hydrogen) atoms. The molecule has 0 bridgehead atoms. The average molecular weight is 315 g/mol. The standard InChI is InChI=1S/C17H14FNO2S/c1-11-14(8-9-21-11)17(20)19-16(15-3-2-10-22-15)12-4-6-13(18)7-5-12/h2-10,16H,1H3,(H,19,20)/t16-/m0/s1. The molecular formula is C17H14FNO2S. The number of furan rings is 1. The van der Waals surface area contributed by atoms with Gasteiger partial charge in [-0.25, -0.2) is 4.39 Å². The molecule has 3 rings (SSSR count). The van der Waals surface area contributed by atoms with Gasteiger partial charge in [0, 0.05) is 4.88 Å². The van der Waals surface area contributed by atoms with Gasteiger partial charge in [-0.3, -0.25) is 4.79 Å². The van der Waals surface area contributed by atoms with Crippen LogP contribution in [-0.4, -0.2) is 5.91 Å². The van der Waals surface area contributed by atoms with Crippen molar-refractivity contribution in [2.24, 2.45) is 0 Å². The first-order valence-corrected chi connectivity index (χ1v) is 7.67. The van der Waals surface area contributed by atoms with Gasteiger partial charge in [-0.15, -0.1) is 11.3 Å². The quantitative estimate of drug-likeness (QED) is 0.779. The van der Waals surface area contributed by atoms with Crippen LogP contribution in [0.25, 0.3) is 0 Å². The Hall–Kier alpha value is -2.40. The molecule has 3 nitrogen and oxygen atoms in total. The maximum Gasteiger partial charge on any atom is 0.255 e. The third kappa shape index (κ3) is 2.94. The number of rotatable bonds is 4. The molecule has 112 valence electrons. The zero-order valence-electron chi connectivity index (χ0n) is 11.9. The Morgan fingerprint density at radius 1 is 1.23 bits per heavy atom. The first-order valence-electron chi connectivity index (χ1n) is 6.79. The lowest BCUT2D eigenvalue weighted by atomic mass is 10.0. The van der Waals surface area contributed by atoms with Gasteiger partial charge in [0.2, 0.25) is 0 Å². The summed E-state index contributed by atoms with van der Waals surface area (Å²) in [7, 11) is 0. The minimum absolute atomic E-state index is 0.214. The van der Waals surface area contributed by atoms with Crippen molar-refractivity contribution in [2.45, 2.75) is 13.0 Å².